The van der Waals surface area contributed by atoms with Gasteiger partial charge < -0.3 is 13.9 Å². The fourth-order valence-electron chi connectivity index (χ4n) is 3.76. The number of fused-ring (bicyclic) bond motifs is 1. The molecule has 4 aromatic rings. The number of furan rings is 1. The number of imidazole rings is 1. The quantitative estimate of drug-likeness (QED) is 0.559. The monoisotopic (exact) mass is 358 g/mol. The molecule has 27 heavy (non-hydrogen) atoms. The fourth-order valence-corrected chi connectivity index (χ4v) is 3.76. The summed E-state index contributed by atoms with van der Waals surface area (Å²) in [7, 11) is 0. The molecule has 3 aromatic heterocycles. The van der Waals surface area contributed by atoms with Crippen molar-refractivity contribution in [2.45, 2.75) is 12.5 Å². The third kappa shape index (κ3) is 2.70. The van der Waals surface area contributed by atoms with Crippen LogP contribution in [0.1, 0.15) is 22.8 Å². The van der Waals surface area contributed by atoms with E-state index in [0.29, 0.717) is 18.8 Å². The molecule has 6 heteroatoms. The predicted molar refractivity (Wildman–Crippen MR) is 101 cm³/mol. The molecule has 1 aliphatic rings. The lowest BCUT2D eigenvalue weighted by molar-refractivity contribution is 0.0788. The van der Waals surface area contributed by atoms with E-state index in [0.717, 1.165) is 29.0 Å². The molecule has 6 nitrogen and oxygen atoms in total. The SMILES string of the molecule is O=C(c1ccccc1)N1CCC(n2c(-c3ccco3)nc3cccnc32)C1. The molecule has 0 radical (unpaired) electrons. The molecule has 1 aliphatic heterocycles. The van der Waals surface area contributed by atoms with Crippen molar-refractivity contribution >= 4 is 17.1 Å². The molecule has 1 amide bonds. The van der Waals surface area contributed by atoms with Crippen molar-refractivity contribution in [1.29, 1.82) is 0 Å². The van der Waals surface area contributed by atoms with Gasteiger partial charge in [0, 0.05) is 24.8 Å². The summed E-state index contributed by atoms with van der Waals surface area (Å²) < 4.78 is 7.72. The first kappa shape index (κ1) is 15.8. The summed E-state index contributed by atoms with van der Waals surface area (Å²) in [5.41, 5.74) is 2.37. The molecule has 1 saturated heterocycles. The lowest BCUT2D eigenvalue weighted by atomic mass is 10.2. The zero-order valence-corrected chi connectivity index (χ0v) is 14.7. The van der Waals surface area contributed by atoms with Gasteiger partial charge in [-0.1, -0.05) is 18.2 Å². The van der Waals surface area contributed by atoms with Crippen molar-refractivity contribution in [2.24, 2.45) is 0 Å². The standard InChI is InChI=1S/C21H18N4O2/c26-21(15-6-2-1-3-7-15)24-12-10-16(14-24)25-19-17(8-4-11-22-19)23-20(25)18-9-5-13-27-18/h1-9,11,13,16H,10,12,14H2. The van der Waals surface area contributed by atoms with Crippen LogP contribution < -0.4 is 0 Å². The minimum Gasteiger partial charge on any atom is -0.461 e. The van der Waals surface area contributed by atoms with Gasteiger partial charge in [0.2, 0.25) is 0 Å². The first-order valence-electron chi connectivity index (χ1n) is 9.02. The van der Waals surface area contributed by atoms with Crippen LogP contribution >= 0.6 is 0 Å². The number of carbonyl (C=O) groups excluding carboxylic acids is 1. The van der Waals surface area contributed by atoms with E-state index in [9.17, 15) is 4.79 Å². The van der Waals surface area contributed by atoms with E-state index >= 15 is 0 Å². The molecule has 1 fully saturated rings. The Bertz CT molecular complexity index is 1090. The number of pyridine rings is 1. The number of hydrogen-bond donors (Lipinski definition) is 0. The number of likely N-dealkylation sites (tertiary alicyclic amines) is 1. The van der Waals surface area contributed by atoms with Crippen LogP contribution in [0.25, 0.3) is 22.7 Å². The van der Waals surface area contributed by atoms with E-state index < -0.39 is 0 Å². The van der Waals surface area contributed by atoms with Crippen LogP contribution in [0, 0.1) is 0 Å². The van der Waals surface area contributed by atoms with E-state index in [1.165, 1.54) is 0 Å². The van der Waals surface area contributed by atoms with E-state index in [-0.39, 0.29) is 11.9 Å². The lowest BCUT2D eigenvalue weighted by Crippen LogP contribution is -2.29. The van der Waals surface area contributed by atoms with Crippen molar-refractivity contribution in [3.63, 3.8) is 0 Å². The highest BCUT2D eigenvalue weighted by Crippen LogP contribution is 2.32. The minimum atomic E-state index is 0.0648. The average Bonchev–Trinajstić information content (AvgIpc) is 3.46. The Balaban J connectivity index is 1.51. The van der Waals surface area contributed by atoms with Gasteiger partial charge in [0.1, 0.15) is 5.52 Å². The minimum absolute atomic E-state index is 0.0648. The molecule has 0 bridgehead atoms. The van der Waals surface area contributed by atoms with Gasteiger partial charge in [-0.15, -0.1) is 0 Å². The van der Waals surface area contributed by atoms with Gasteiger partial charge in [-0.05, 0) is 42.8 Å². The van der Waals surface area contributed by atoms with Crippen LogP contribution in [0.3, 0.4) is 0 Å². The maximum absolute atomic E-state index is 12.8. The molecule has 1 unspecified atom stereocenters. The molecular weight excluding hydrogens is 340 g/mol. The summed E-state index contributed by atoms with van der Waals surface area (Å²) in [6, 6.07) is 17.1. The topological polar surface area (TPSA) is 64.2 Å². The van der Waals surface area contributed by atoms with Crippen molar-refractivity contribution in [1.82, 2.24) is 19.4 Å². The van der Waals surface area contributed by atoms with Crippen LogP contribution in [-0.2, 0) is 0 Å². The Morgan fingerprint density at radius 2 is 1.96 bits per heavy atom. The first-order chi connectivity index (χ1) is 13.3. The average molecular weight is 358 g/mol. The van der Waals surface area contributed by atoms with Gasteiger partial charge in [-0.3, -0.25) is 4.79 Å². The number of benzene rings is 1. The van der Waals surface area contributed by atoms with Crippen molar-refractivity contribution in [3.05, 3.63) is 72.6 Å². The van der Waals surface area contributed by atoms with E-state index in [1.807, 2.05) is 59.5 Å². The van der Waals surface area contributed by atoms with Gasteiger partial charge in [-0.2, -0.15) is 0 Å². The molecule has 4 heterocycles. The molecule has 0 aliphatic carbocycles. The number of hydrogen-bond acceptors (Lipinski definition) is 4. The predicted octanol–water partition coefficient (Wildman–Crippen LogP) is 3.78. The summed E-state index contributed by atoms with van der Waals surface area (Å²) in [6.45, 7) is 1.34. The number of rotatable bonds is 3. The fraction of sp³-hybridized carbons (Fsp3) is 0.190. The second-order valence-electron chi connectivity index (χ2n) is 6.69. The Labute approximate surface area is 156 Å². The summed E-state index contributed by atoms with van der Waals surface area (Å²) in [5.74, 6) is 1.53. The van der Waals surface area contributed by atoms with Crippen molar-refractivity contribution < 1.29 is 9.21 Å². The maximum atomic E-state index is 12.8. The third-order valence-corrected chi connectivity index (χ3v) is 5.03. The molecule has 134 valence electrons. The van der Waals surface area contributed by atoms with Crippen LogP contribution in [0.5, 0.6) is 0 Å². The van der Waals surface area contributed by atoms with Crippen LogP contribution in [0.15, 0.2) is 71.5 Å². The Kier molecular flexibility index (Phi) is 3.74. The molecular formula is C21H18N4O2. The molecule has 1 aromatic carbocycles. The molecule has 0 N–H and O–H groups in total. The molecule has 1 atom stereocenters. The summed E-state index contributed by atoms with van der Waals surface area (Å²) in [6.07, 6.45) is 4.27. The highest BCUT2D eigenvalue weighted by atomic mass is 16.3. The second-order valence-corrected chi connectivity index (χ2v) is 6.69. The molecule has 0 saturated carbocycles. The summed E-state index contributed by atoms with van der Waals surface area (Å²) >= 11 is 0. The van der Waals surface area contributed by atoms with E-state index in [2.05, 4.69) is 9.55 Å². The van der Waals surface area contributed by atoms with Crippen LogP contribution in [-0.4, -0.2) is 38.4 Å². The van der Waals surface area contributed by atoms with E-state index in [4.69, 9.17) is 9.40 Å². The van der Waals surface area contributed by atoms with Crippen molar-refractivity contribution in [3.8, 4) is 11.6 Å². The van der Waals surface area contributed by atoms with Crippen LogP contribution in [0.2, 0.25) is 0 Å². The summed E-state index contributed by atoms with van der Waals surface area (Å²) in [5, 5.41) is 0. The maximum Gasteiger partial charge on any atom is 0.253 e. The Morgan fingerprint density at radius 1 is 1.07 bits per heavy atom. The molecule has 5 rings (SSSR count). The number of amides is 1. The second kappa shape index (κ2) is 6.39. The first-order valence-corrected chi connectivity index (χ1v) is 9.02. The summed E-state index contributed by atoms with van der Waals surface area (Å²) in [4.78, 5) is 24.0. The van der Waals surface area contributed by atoms with Gasteiger partial charge in [0.05, 0.1) is 12.3 Å². The van der Waals surface area contributed by atoms with Gasteiger partial charge in [0.25, 0.3) is 5.91 Å². The number of carbonyl (C=O) groups is 1. The number of nitrogens with zero attached hydrogens (tertiary/aromatic N) is 4. The van der Waals surface area contributed by atoms with Crippen LogP contribution in [0.4, 0.5) is 0 Å². The smallest absolute Gasteiger partial charge is 0.253 e. The van der Waals surface area contributed by atoms with Gasteiger partial charge in [-0.25, -0.2) is 9.97 Å². The highest BCUT2D eigenvalue weighted by Gasteiger charge is 2.31. The normalized spacial score (nSPS) is 16.9. The zero-order valence-electron chi connectivity index (χ0n) is 14.7. The highest BCUT2D eigenvalue weighted by molar-refractivity contribution is 5.94. The zero-order chi connectivity index (χ0) is 18.2. The Hall–Kier alpha value is -3.41. The largest absolute Gasteiger partial charge is 0.461 e. The third-order valence-electron chi connectivity index (χ3n) is 5.03. The molecule has 0 spiro atoms. The number of aromatic nitrogens is 3. The lowest BCUT2D eigenvalue weighted by Gasteiger charge is -2.18. The van der Waals surface area contributed by atoms with Crippen molar-refractivity contribution in [2.75, 3.05) is 13.1 Å². The Morgan fingerprint density at radius 3 is 2.78 bits per heavy atom. The van der Waals surface area contributed by atoms with E-state index in [1.54, 1.807) is 12.5 Å². The van der Waals surface area contributed by atoms with Gasteiger partial charge in [0.15, 0.2) is 17.2 Å². The van der Waals surface area contributed by atoms with Gasteiger partial charge >= 0.3 is 0 Å².